The molecule has 0 bridgehead atoms. The lowest BCUT2D eigenvalue weighted by Crippen LogP contribution is -2.00. The van der Waals surface area contributed by atoms with E-state index in [4.69, 9.17) is 19.4 Å². The molecule has 6 heteroatoms. The van der Waals surface area contributed by atoms with Crippen molar-refractivity contribution in [3.63, 3.8) is 0 Å². The Labute approximate surface area is 343 Å². The summed E-state index contributed by atoms with van der Waals surface area (Å²) in [5.74, 6) is 1.85. The Hall–Kier alpha value is -8.40. The van der Waals surface area contributed by atoms with Crippen LogP contribution in [0.25, 0.3) is 116 Å². The average Bonchev–Trinajstić information content (AvgIpc) is 3.85. The first-order chi connectivity index (χ1) is 29.6. The third-order valence-corrected chi connectivity index (χ3v) is 11.6. The zero-order valence-corrected chi connectivity index (χ0v) is 32.0. The van der Waals surface area contributed by atoms with E-state index in [1.54, 1.807) is 0 Å². The molecular weight excluding hydrogens is 735 g/mol. The second-order valence-electron chi connectivity index (χ2n) is 15.2. The Morgan fingerprint density at radius 1 is 0.383 bits per heavy atom. The van der Waals surface area contributed by atoms with Crippen LogP contribution in [0, 0.1) is 11.3 Å². The molecule has 12 rings (SSSR count). The predicted molar refractivity (Wildman–Crippen MR) is 243 cm³/mol. The van der Waals surface area contributed by atoms with Crippen molar-refractivity contribution in [2.24, 2.45) is 0 Å². The first kappa shape index (κ1) is 33.7. The normalized spacial score (nSPS) is 11.7. The lowest BCUT2D eigenvalue weighted by Gasteiger charge is -2.11. The molecule has 0 saturated heterocycles. The van der Waals surface area contributed by atoms with Crippen molar-refractivity contribution in [1.82, 2.24) is 19.5 Å². The van der Waals surface area contributed by atoms with Gasteiger partial charge in [0.1, 0.15) is 11.2 Å². The van der Waals surface area contributed by atoms with Gasteiger partial charge >= 0.3 is 0 Å². The zero-order chi connectivity index (χ0) is 39.7. The van der Waals surface area contributed by atoms with Crippen LogP contribution in [-0.4, -0.2) is 19.5 Å². The number of benzene rings is 9. The van der Waals surface area contributed by atoms with E-state index in [9.17, 15) is 5.26 Å². The maximum absolute atomic E-state index is 9.91. The molecule has 12 aromatic rings. The van der Waals surface area contributed by atoms with Crippen LogP contribution in [-0.2, 0) is 0 Å². The van der Waals surface area contributed by atoms with Gasteiger partial charge in [-0.1, -0.05) is 121 Å². The number of fused-ring (bicyclic) bond motifs is 8. The molecule has 0 aliphatic carbocycles. The summed E-state index contributed by atoms with van der Waals surface area (Å²) in [5, 5.41) is 18.7. The fourth-order valence-electron chi connectivity index (χ4n) is 8.64. The van der Waals surface area contributed by atoms with Gasteiger partial charge in [0.25, 0.3) is 0 Å². The SMILES string of the molecule is N#Cc1ccc2c(c1)c1cc(-c3ccc(-c4nc(-c5ccc6ccccc6c5)nc(-c5ccc6ccccc6c5)n4)cc3)ccc1n2-c1ccc2oc3ccccc3c2c1. The first-order valence-corrected chi connectivity index (χ1v) is 19.9. The second-order valence-corrected chi connectivity index (χ2v) is 15.2. The molecule has 0 atom stereocenters. The van der Waals surface area contributed by atoms with Gasteiger partial charge in [-0.3, -0.25) is 0 Å². The molecular formula is C54H31N5O. The average molecular weight is 766 g/mol. The maximum Gasteiger partial charge on any atom is 0.164 e. The third-order valence-electron chi connectivity index (χ3n) is 11.6. The Balaban J connectivity index is 0.965. The fraction of sp³-hybridized carbons (Fsp3) is 0. The van der Waals surface area contributed by atoms with E-state index in [2.05, 4.69) is 156 Å². The summed E-state index contributed by atoms with van der Waals surface area (Å²) >= 11 is 0. The molecule has 0 radical (unpaired) electrons. The Bertz CT molecular complexity index is 3640. The molecule has 0 amide bonds. The van der Waals surface area contributed by atoms with Crippen LogP contribution in [0.5, 0.6) is 0 Å². The smallest absolute Gasteiger partial charge is 0.164 e. The van der Waals surface area contributed by atoms with Crippen molar-refractivity contribution in [2.75, 3.05) is 0 Å². The lowest BCUT2D eigenvalue weighted by atomic mass is 10.0. The number of nitriles is 1. The molecule has 0 spiro atoms. The third kappa shape index (κ3) is 5.53. The van der Waals surface area contributed by atoms with Gasteiger partial charge in [0.15, 0.2) is 17.5 Å². The number of hydrogen-bond donors (Lipinski definition) is 0. The molecule has 6 nitrogen and oxygen atoms in total. The summed E-state index contributed by atoms with van der Waals surface area (Å²) in [6.07, 6.45) is 0. The zero-order valence-electron chi connectivity index (χ0n) is 32.0. The van der Waals surface area contributed by atoms with E-state index in [1.165, 1.54) is 10.8 Å². The Kier molecular flexibility index (Phi) is 7.50. The van der Waals surface area contributed by atoms with Crippen LogP contribution in [0.1, 0.15) is 5.56 Å². The van der Waals surface area contributed by atoms with Gasteiger partial charge in [0.2, 0.25) is 0 Å². The number of furan rings is 1. The minimum Gasteiger partial charge on any atom is -0.456 e. The first-order valence-electron chi connectivity index (χ1n) is 19.9. The van der Waals surface area contributed by atoms with Crippen LogP contribution in [0.15, 0.2) is 192 Å². The van der Waals surface area contributed by atoms with Gasteiger partial charge in [-0.05, 0) is 99.4 Å². The molecule has 0 N–H and O–H groups in total. The van der Waals surface area contributed by atoms with Crippen molar-refractivity contribution >= 4 is 65.3 Å². The lowest BCUT2D eigenvalue weighted by molar-refractivity contribution is 0.669. The number of aromatic nitrogens is 4. The van der Waals surface area contributed by atoms with Gasteiger partial charge < -0.3 is 8.98 Å². The van der Waals surface area contributed by atoms with E-state index in [-0.39, 0.29) is 0 Å². The van der Waals surface area contributed by atoms with E-state index < -0.39 is 0 Å². The summed E-state index contributed by atoms with van der Waals surface area (Å²) in [6.45, 7) is 0. The highest BCUT2D eigenvalue weighted by atomic mass is 16.3. The van der Waals surface area contributed by atoms with Crippen molar-refractivity contribution in [3.8, 4) is 57.0 Å². The van der Waals surface area contributed by atoms with Gasteiger partial charge in [0, 0.05) is 43.9 Å². The van der Waals surface area contributed by atoms with Gasteiger partial charge in [-0.25, -0.2) is 15.0 Å². The summed E-state index contributed by atoms with van der Waals surface area (Å²) in [4.78, 5) is 15.2. The minimum absolute atomic E-state index is 0.604. The quantitative estimate of drug-likeness (QED) is 0.174. The second kappa shape index (κ2) is 13.3. The van der Waals surface area contributed by atoms with Crippen LogP contribution >= 0.6 is 0 Å². The molecule has 0 saturated carbocycles. The highest BCUT2D eigenvalue weighted by Gasteiger charge is 2.18. The Morgan fingerprint density at radius 3 is 1.60 bits per heavy atom. The number of para-hydroxylation sites is 1. The molecule has 3 aromatic heterocycles. The molecule has 3 heterocycles. The van der Waals surface area contributed by atoms with Crippen LogP contribution < -0.4 is 0 Å². The highest BCUT2D eigenvalue weighted by Crippen LogP contribution is 2.38. The minimum atomic E-state index is 0.604. The van der Waals surface area contributed by atoms with E-state index in [0.717, 1.165) is 88.0 Å². The largest absolute Gasteiger partial charge is 0.456 e. The maximum atomic E-state index is 9.91. The predicted octanol–water partition coefficient (Wildman–Crippen LogP) is 13.7. The molecule has 0 aliphatic rings. The Morgan fingerprint density at radius 2 is 0.917 bits per heavy atom. The molecule has 60 heavy (non-hydrogen) atoms. The van der Waals surface area contributed by atoms with Gasteiger partial charge in [-0.15, -0.1) is 0 Å². The van der Waals surface area contributed by atoms with Crippen LogP contribution in [0.4, 0.5) is 0 Å². The number of nitrogens with zero attached hydrogens (tertiary/aromatic N) is 5. The van der Waals surface area contributed by atoms with Gasteiger partial charge in [-0.2, -0.15) is 5.26 Å². The van der Waals surface area contributed by atoms with Crippen molar-refractivity contribution < 1.29 is 4.42 Å². The summed E-state index contributed by atoms with van der Waals surface area (Å²) < 4.78 is 8.43. The summed E-state index contributed by atoms with van der Waals surface area (Å²) in [7, 11) is 0. The summed E-state index contributed by atoms with van der Waals surface area (Å²) in [6, 6.07) is 67.1. The molecule has 278 valence electrons. The molecule has 0 aliphatic heterocycles. The molecule has 0 unspecified atom stereocenters. The molecule has 9 aromatic carbocycles. The van der Waals surface area contributed by atoms with E-state index in [0.29, 0.717) is 23.0 Å². The summed E-state index contributed by atoms with van der Waals surface area (Å²) in [5.41, 5.74) is 10.3. The van der Waals surface area contributed by atoms with Crippen molar-refractivity contribution in [3.05, 3.63) is 194 Å². The van der Waals surface area contributed by atoms with E-state index in [1.807, 2.05) is 42.5 Å². The monoisotopic (exact) mass is 765 g/mol. The van der Waals surface area contributed by atoms with Crippen molar-refractivity contribution in [2.45, 2.75) is 0 Å². The van der Waals surface area contributed by atoms with Crippen molar-refractivity contribution in [1.29, 1.82) is 5.26 Å². The fourth-order valence-corrected chi connectivity index (χ4v) is 8.64. The number of rotatable bonds is 5. The van der Waals surface area contributed by atoms with E-state index >= 15 is 0 Å². The standard InChI is InChI=1S/C54H31N5O/c55-32-33-13-24-48-45(27-33)46-30-40(22-25-49(46)59(48)43-23-26-51-47(31-43)44-11-5-6-12-50(44)60-51)36-14-18-37(19-15-36)52-56-53(41-20-16-34-7-1-3-9-38(34)28-41)58-54(57-52)42-21-17-35-8-2-4-10-39(35)29-42/h1-31H. The highest BCUT2D eigenvalue weighted by molar-refractivity contribution is 6.12. The molecule has 0 fully saturated rings. The van der Waals surface area contributed by atoms with Gasteiger partial charge in [0.05, 0.1) is 22.7 Å². The number of hydrogen-bond acceptors (Lipinski definition) is 5. The topological polar surface area (TPSA) is 80.5 Å². The van der Waals surface area contributed by atoms with Crippen LogP contribution in [0.2, 0.25) is 0 Å². The van der Waals surface area contributed by atoms with Crippen LogP contribution in [0.3, 0.4) is 0 Å².